The van der Waals surface area contributed by atoms with Gasteiger partial charge in [0.15, 0.2) is 0 Å². The molecule has 7 nitrogen and oxygen atoms in total. The van der Waals surface area contributed by atoms with E-state index in [9.17, 15) is 9.59 Å². The van der Waals surface area contributed by atoms with Gasteiger partial charge in [0.05, 0.1) is 30.6 Å². The Morgan fingerprint density at radius 3 is 2.49 bits per heavy atom. The summed E-state index contributed by atoms with van der Waals surface area (Å²) in [6, 6.07) is 9.78. The maximum Gasteiger partial charge on any atom is 0.414 e. The van der Waals surface area contributed by atoms with Crippen molar-refractivity contribution in [1.82, 2.24) is 4.90 Å². The van der Waals surface area contributed by atoms with E-state index in [1.807, 2.05) is 39.0 Å². The molecular formula is C26H29Cl2N3O4. The molecule has 2 amide bonds. The van der Waals surface area contributed by atoms with Crippen LogP contribution in [0.1, 0.15) is 38.7 Å². The molecule has 35 heavy (non-hydrogen) atoms. The molecule has 186 valence electrons. The summed E-state index contributed by atoms with van der Waals surface area (Å²) in [6.07, 6.45) is 0.199. The fraction of sp³-hybridized carbons (Fsp3) is 0.462. The molecule has 3 aliphatic heterocycles. The number of ether oxygens (including phenoxy) is 2. The van der Waals surface area contributed by atoms with Gasteiger partial charge in [0.2, 0.25) is 0 Å². The lowest BCUT2D eigenvalue weighted by Gasteiger charge is -2.44. The highest BCUT2D eigenvalue weighted by atomic mass is 35.5. The number of nitrogens with zero attached hydrogens (tertiary/aromatic N) is 3. The summed E-state index contributed by atoms with van der Waals surface area (Å²) in [4.78, 5) is 31.6. The minimum absolute atomic E-state index is 0.0767. The summed E-state index contributed by atoms with van der Waals surface area (Å²) in [5.41, 5.74) is 4.72. The standard InChI is InChI=1S/C26H29Cl2N3O4/c1-4-34-25(32)29-9-8-22-20(14-29)19-10-16(18-7-6-17(27)12-21(18)28)11-23-24(19)30(22)13-15(3)31(23)26(33)35-5-2/h6-7,10-12,15,20,22H,4-5,8-9,13-14H2,1-3H3. The summed E-state index contributed by atoms with van der Waals surface area (Å²) in [5.74, 6) is 0.0993. The number of anilines is 2. The highest BCUT2D eigenvalue weighted by Gasteiger charge is 2.48. The molecular weight excluding hydrogens is 489 g/mol. The molecule has 1 saturated heterocycles. The van der Waals surface area contributed by atoms with Crippen molar-refractivity contribution in [2.45, 2.75) is 45.2 Å². The summed E-state index contributed by atoms with van der Waals surface area (Å²) in [7, 11) is 0. The normalized spacial score (nSPS) is 22.5. The summed E-state index contributed by atoms with van der Waals surface area (Å²) >= 11 is 12.8. The molecule has 3 heterocycles. The average molecular weight is 518 g/mol. The summed E-state index contributed by atoms with van der Waals surface area (Å²) < 4.78 is 10.7. The molecule has 1 fully saturated rings. The Morgan fingerprint density at radius 2 is 1.77 bits per heavy atom. The fourth-order valence-corrected chi connectivity index (χ4v) is 6.28. The molecule has 0 bridgehead atoms. The van der Waals surface area contributed by atoms with Crippen molar-refractivity contribution in [3.8, 4) is 11.1 Å². The Balaban J connectivity index is 1.65. The van der Waals surface area contributed by atoms with E-state index in [0.717, 1.165) is 34.5 Å². The van der Waals surface area contributed by atoms with Gasteiger partial charge in [0.25, 0.3) is 0 Å². The number of fused-ring (bicyclic) bond motifs is 3. The Morgan fingerprint density at radius 1 is 1.03 bits per heavy atom. The first-order valence-electron chi connectivity index (χ1n) is 12.1. The number of halogens is 2. The molecule has 3 atom stereocenters. The van der Waals surface area contributed by atoms with Crippen molar-refractivity contribution >= 4 is 46.8 Å². The predicted octanol–water partition coefficient (Wildman–Crippen LogP) is 6.16. The maximum atomic E-state index is 13.1. The van der Waals surface area contributed by atoms with E-state index in [0.29, 0.717) is 42.9 Å². The number of hydrogen-bond donors (Lipinski definition) is 0. The van der Waals surface area contributed by atoms with Crippen molar-refractivity contribution in [3.05, 3.63) is 45.9 Å². The molecule has 9 heteroatoms. The van der Waals surface area contributed by atoms with E-state index in [4.69, 9.17) is 32.7 Å². The van der Waals surface area contributed by atoms with Crippen molar-refractivity contribution in [3.63, 3.8) is 0 Å². The molecule has 0 aromatic heterocycles. The number of carbonyl (C=O) groups is 2. The van der Waals surface area contributed by atoms with Gasteiger partial charge < -0.3 is 19.3 Å². The van der Waals surface area contributed by atoms with Gasteiger partial charge in [-0.05, 0) is 62.6 Å². The molecule has 0 N–H and O–H groups in total. The third-order valence-electron chi connectivity index (χ3n) is 7.18. The number of carbonyl (C=O) groups excluding carboxylic acids is 2. The van der Waals surface area contributed by atoms with Crippen LogP contribution in [0, 0.1) is 0 Å². The van der Waals surface area contributed by atoms with Crippen molar-refractivity contribution < 1.29 is 19.1 Å². The van der Waals surface area contributed by atoms with Gasteiger partial charge in [-0.15, -0.1) is 0 Å². The second kappa shape index (κ2) is 9.43. The predicted molar refractivity (Wildman–Crippen MR) is 138 cm³/mol. The smallest absolute Gasteiger partial charge is 0.414 e. The topological polar surface area (TPSA) is 62.3 Å². The highest BCUT2D eigenvalue weighted by molar-refractivity contribution is 6.36. The average Bonchev–Trinajstić information content (AvgIpc) is 3.12. The number of rotatable bonds is 3. The van der Waals surface area contributed by atoms with Gasteiger partial charge in [0.1, 0.15) is 0 Å². The molecule has 3 aliphatic rings. The molecule has 2 aromatic carbocycles. The quantitative estimate of drug-likeness (QED) is 0.487. The van der Waals surface area contributed by atoms with Crippen LogP contribution >= 0.6 is 23.2 Å². The van der Waals surface area contributed by atoms with Crippen LogP contribution in [0.15, 0.2) is 30.3 Å². The first-order valence-corrected chi connectivity index (χ1v) is 12.9. The number of benzene rings is 2. The second-order valence-electron chi connectivity index (χ2n) is 9.24. The van der Waals surface area contributed by atoms with Crippen LogP contribution in [-0.2, 0) is 9.47 Å². The zero-order valence-corrected chi connectivity index (χ0v) is 21.6. The van der Waals surface area contributed by atoms with E-state index < -0.39 is 0 Å². The van der Waals surface area contributed by atoms with Gasteiger partial charge in [0, 0.05) is 47.2 Å². The van der Waals surface area contributed by atoms with Gasteiger partial charge in [-0.3, -0.25) is 4.90 Å². The Bertz CT molecular complexity index is 1170. The van der Waals surface area contributed by atoms with Crippen LogP contribution < -0.4 is 9.80 Å². The Labute approximate surface area is 215 Å². The third-order valence-corrected chi connectivity index (χ3v) is 7.72. The van der Waals surface area contributed by atoms with Crippen LogP contribution in [0.2, 0.25) is 10.0 Å². The minimum Gasteiger partial charge on any atom is -0.450 e. The lowest BCUT2D eigenvalue weighted by Crippen LogP contribution is -2.54. The Hall–Kier alpha value is -2.64. The SMILES string of the molecule is CCOC(=O)N1CCC2C(C1)c1cc(-c3ccc(Cl)cc3Cl)cc3c1N2CC(C)N3C(=O)OCC. The largest absolute Gasteiger partial charge is 0.450 e. The third kappa shape index (κ3) is 4.08. The van der Waals surface area contributed by atoms with E-state index >= 15 is 0 Å². The summed E-state index contributed by atoms with van der Waals surface area (Å²) in [5, 5.41) is 1.10. The number of amides is 2. The monoisotopic (exact) mass is 517 g/mol. The number of hydrogen-bond acceptors (Lipinski definition) is 5. The minimum atomic E-state index is -0.357. The zero-order chi connectivity index (χ0) is 24.9. The van der Waals surface area contributed by atoms with E-state index in [-0.39, 0.29) is 30.2 Å². The van der Waals surface area contributed by atoms with E-state index in [1.165, 1.54) is 0 Å². The molecule has 0 aliphatic carbocycles. The lowest BCUT2D eigenvalue weighted by atomic mass is 9.87. The number of likely N-dealkylation sites (tertiary alicyclic amines) is 1. The maximum absolute atomic E-state index is 13.1. The van der Waals surface area contributed by atoms with E-state index in [1.54, 1.807) is 15.9 Å². The van der Waals surface area contributed by atoms with Gasteiger partial charge in [-0.1, -0.05) is 29.3 Å². The van der Waals surface area contributed by atoms with E-state index in [2.05, 4.69) is 11.0 Å². The first-order chi connectivity index (χ1) is 16.8. The molecule has 0 radical (unpaired) electrons. The molecule has 5 rings (SSSR count). The summed E-state index contributed by atoms with van der Waals surface area (Å²) in [6.45, 7) is 8.25. The Kier molecular flexibility index (Phi) is 6.49. The molecule has 2 aromatic rings. The van der Waals surface area contributed by atoms with Crippen molar-refractivity contribution in [2.24, 2.45) is 0 Å². The lowest BCUT2D eigenvalue weighted by molar-refractivity contribution is 0.0932. The van der Waals surface area contributed by atoms with Crippen LogP contribution in [0.3, 0.4) is 0 Å². The van der Waals surface area contributed by atoms with Crippen LogP contribution in [0.5, 0.6) is 0 Å². The highest BCUT2D eigenvalue weighted by Crippen LogP contribution is 2.53. The molecule has 3 unspecified atom stereocenters. The molecule has 0 spiro atoms. The van der Waals surface area contributed by atoms with Gasteiger partial charge in [-0.25, -0.2) is 9.59 Å². The first kappa shape index (κ1) is 24.1. The fourth-order valence-electron chi connectivity index (χ4n) is 5.77. The van der Waals surface area contributed by atoms with Crippen molar-refractivity contribution in [1.29, 1.82) is 0 Å². The van der Waals surface area contributed by atoms with Crippen LogP contribution in [-0.4, -0.2) is 62.0 Å². The molecule has 0 saturated carbocycles. The second-order valence-corrected chi connectivity index (χ2v) is 10.1. The zero-order valence-electron chi connectivity index (χ0n) is 20.1. The van der Waals surface area contributed by atoms with Gasteiger partial charge in [-0.2, -0.15) is 0 Å². The van der Waals surface area contributed by atoms with Crippen LogP contribution in [0.4, 0.5) is 21.0 Å². The van der Waals surface area contributed by atoms with Crippen molar-refractivity contribution in [2.75, 3.05) is 42.6 Å². The number of piperidine rings is 1. The van der Waals surface area contributed by atoms with Gasteiger partial charge >= 0.3 is 12.2 Å². The van der Waals surface area contributed by atoms with Crippen LogP contribution in [0.25, 0.3) is 11.1 Å².